The van der Waals surface area contributed by atoms with Crippen LogP contribution in [0.2, 0.25) is 0 Å². The summed E-state index contributed by atoms with van der Waals surface area (Å²) in [5.74, 6) is -1.14. The second-order valence-electron chi connectivity index (χ2n) is 4.23. The minimum Gasteiger partial charge on any atom is -0.341 e. The fourth-order valence-electron chi connectivity index (χ4n) is 1.76. The molecule has 1 aliphatic heterocycles. The van der Waals surface area contributed by atoms with Gasteiger partial charge in [-0.2, -0.15) is 5.10 Å². The number of hydrogen-bond donors (Lipinski definition) is 2. The molecular formula is C12H14N4O3. The smallest absolute Gasteiger partial charge is 0.249 e. The van der Waals surface area contributed by atoms with Crippen LogP contribution in [0.3, 0.4) is 0 Å². The summed E-state index contributed by atoms with van der Waals surface area (Å²) in [6.45, 7) is 0. The molecule has 3 amide bonds. The van der Waals surface area contributed by atoms with E-state index in [1.54, 1.807) is 30.1 Å². The van der Waals surface area contributed by atoms with Crippen LogP contribution in [0.5, 0.6) is 0 Å². The third-order valence-corrected chi connectivity index (χ3v) is 2.82. The number of carbonyl (C=O) groups excluding carboxylic acids is 3. The number of amides is 3. The van der Waals surface area contributed by atoms with Crippen LogP contribution in [0.15, 0.2) is 18.3 Å². The molecule has 0 bridgehead atoms. The number of nitrogens with one attached hydrogen (secondary N) is 2. The zero-order valence-electron chi connectivity index (χ0n) is 10.4. The van der Waals surface area contributed by atoms with Crippen LogP contribution >= 0.6 is 0 Å². The summed E-state index contributed by atoms with van der Waals surface area (Å²) in [4.78, 5) is 34.0. The van der Waals surface area contributed by atoms with Crippen molar-refractivity contribution < 1.29 is 14.4 Å². The molecule has 0 saturated carbocycles. The predicted octanol–water partition coefficient (Wildman–Crippen LogP) is -0.645. The van der Waals surface area contributed by atoms with Crippen molar-refractivity contribution in [1.29, 1.82) is 0 Å². The first-order chi connectivity index (χ1) is 9.06. The summed E-state index contributed by atoms with van der Waals surface area (Å²) in [6.07, 6.45) is 5.13. The molecule has 1 unspecified atom stereocenters. The van der Waals surface area contributed by atoms with Gasteiger partial charge in [-0.15, -0.1) is 0 Å². The van der Waals surface area contributed by atoms with Gasteiger partial charge in [-0.3, -0.25) is 24.4 Å². The molecule has 1 atom stereocenters. The van der Waals surface area contributed by atoms with Crippen LogP contribution in [0.25, 0.3) is 6.08 Å². The maximum atomic E-state index is 11.7. The fraction of sp³-hybridized carbons (Fsp3) is 0.333. The van der Waals surface area contributed by atoms with E-state index in [2.05, 4.69) is 15.7 Å². The molecule has 1 aromatic heterocycles. The van der Waals surface area contributed by atoms with Crippen LogP contribution in [-0.4, -0.2) is 33.5 Å². The molecule has 1 fully saturated rings. The Bertz CT molecular complexity index is 547. The van der Waals surface area contributed by atoms with Crippen molar-refractivity contribution in [2.24, 2.45) is 7.05 Å². The van der Waals surface area contributed by atoms with Crippen molar-refractivity contribution >= 4 is 23.8 Å². The number of rotatable bonds is 3. The minimum atomic E-state index is -0.651. The molecule has 7 nitrogen and oxygen atoms in total. The van der Waals surface area contributed by atoms with E-state index in [0.717, 1.165) is 5.69 Å². The molecule has 2 heterocycles. The Hall–Kier alpha value is -2.44. The second kappa shape index (κ2) is 5.47. The third-order valence-electron chi connectivity index (χ3n) is 2.82. The van der Waals surface area contributed by atoms with Gasteiger partial charge < -0.3 is 5.32 Å². The van der Waals surface area contributed by atoms with Crippen molar-refractivity contribution in [2.75, 3.05) is 0 Å². The zero-order chi connectivity index (χ0) is 13.8. The predicted molar refractivity (Wildman–Crippen MR) is 66.6 cm³/mol. The molecule has 0 spiro atoms. The van der Waals surface area contributed by atoms with Crippen molar-refractivity contribution in [3.05, 3.63) is 24.0 Å². The molecule has 1 aromatic rings. The van der Waals surface area contributed by atoms with Gasteiger partial charge in [0.2, 0.25) is 17.7 Å². The summed E-state index contributed by atoms with van der Waals surface area (Å²) >= 11 is 0. The highest BCUT2D eigenvalue weighted by molar-refractivity contribution is 6.03. The monoisotopic (exact) mass is 262 g/mol. The van der Waals surface area contributed by atoms with Crippen LogP contribution < -0.4 is 10.6 Å². The van der Waals surface area contributed by atoms with Gasteiger partial charge >= 0.3 is 0 Å². The van der Waals surface area contributed by atoms with Gasteiger partial charge in [0.15, 0.2) is 0 Å². The van der Waals surface area contributed by atoms with Crippen molar-refractivity contribution in [2.45, 2.75) is 18.9 Å². The van der Waals surface area contributed by atoms with Gasteiger partial charge in [-0.25, -0.2) is 0 Å². The van der Waals surface area contributed by atoms with Gasteiger partial charge in [0.05, 0.1) is 5.69 Å². The summed E-state index contributed by atoms with van der Waals surface area (Å²) in [5.41, 5.74) is 0.776. The number of aromatic nitrogens is 2. The average Bonchev–Trinajstić information content (AvgIpc) is 2.76. The lowest BCUT2D eigenvalue weighted by atomic mass is 10.1. The normalized spacial score (nSPS) is 19.5. The number of aryl methyl sites for hydroxylation is 1. The Morgan fingerprint density at radius 2 is 2.37 bits per heavy atom. The van der Waals surface area contributed by atoms with E-state index in [9.17, 15) is 14.4 Å². The van der Waals surface area contributed by atoms with Crippen LogP contribution in [0, 0.1) is 0 Å². The molecule has 0 aliphatic carbocycles. The second-order valence-corrected chi connectivity index (χ2v) is 4.23. The summed E-state index contributed by atoms with van der Waals surface area (Å²) in [7, 11) is 1.76. The van der Waals surface area contributed by atoms with E-state index >= 15 is 0 Å². The van der Waals surface area contributed by atoms with Crippen LogP contribution in [0.1, 0.15) is 18.5 Å². The first kappa shape index (κ1) is 13.0. The van der Waals surface area contributed by atoms with Crippen molar-refractivity contribution in [1.82, 2.24) is 20.4 Å². The van der Waals surface area contributed by atoms with Crippen molar-refractivity contribution in [3.8, 4) is 0 Å². The third kappa shape index (κ3) is 3.27. The molecular weight excluding hydrogens is 248 g/mol. The van der Waals surface area contributed by atoms with Gasteiger partial charge in [-0.1, -0.05) is 0 Å². The molecule has 2 N–H and O–H groups in total. The van der Waals surface area contributed by atoms with Gasteiger partial charge in [0, 0.05) is 25.7 Å². The maximum absolute atomic E-state index is 11.7. The van der Waals surface area contributed by atoms with E-state index in [4.69, 9.17) is 0 Å². The lowest BCUT2D eigenvalue weighted by Gasteiger charge is -2.20. The fourth-order valence-corrected chi connectivity index (χ4v) is 1.76. The number of nitrogens with zero attached hydrogens (tertiary/aromatic N) is 2. The summed E-state index contributed by atoms with van der Waals surface area (Å²) < 4.78 is 1.62. The quantitative estimate of drug-likeness (QED) is 0.559. The molecule has 0 aromatic carbocycles. The maximum Gasteiger partial charge on any atom is 0.249 e. The Morgan fingerprint density at radius 1 is 1.58 bits per heavy atom. The van der Waals surface area contributed by atoms with Crippen LogP contribution in [0.4, 0.5) is 0 Å². The minimum absolute atomic E-state index is 0.238. The highest BCUT2D eigenvalue weighted by atomic mass is 16.2. The topological polar surface area (TPSA) is 93.1 Å². The number of piperidine rings is 1. The Labute approximate surface area is 109 Å². The van der Waals surface area contributed by atoms with E-state index < -0.39 is 11.9 Å². The first-order valence-corrected chi connectivity index (χ1v) is 5.86. The van der Waals surface area contributed by atoms with Gasteiger partial charge in [-0.05, 0) is 18.6 Å². The van der Waals surface area contributed by atoms with Gasteiger partial charge in [0.1, 0.15) is 6.04 Å². The van der Waals surface area contributed by atoms with E-state index in [1.165, 1.54) is 6.08 Å². The van der Waals surface area contributed by atoms with E-state index in [-0.39, 0.29) is 18.2 Å². The van der Waals surface area contributed by atoms with Gasteiger partial charge in [0.25, 0.3) is 0 Å². The molecule has 1 aliphatic rings. The first-order valence-electron chi connectivity index (χ1n) is 5.86. The Kier molecular flexibility index (Phi) is 3.74. The highest BCUT2D eigenvalue weighted by Crippen LogP contribution is 2.04. The van der Waals surface area contributed by atoms with E-state index in [0.29, 0.717) is 6.42 Å². The average molecular weight is 262 g/mol. The molecule has 19 heavy (non-hydrogen) atoms. The van der Waals surface area contributed by atoms with E-state index in [1.807, 2.05) is 0 Å². The largest absolute Gasteiger partial charge is 0.341 e. The van der Waals surface area contributed by atoms with Crippen molar-refractivity contribution in [3.63, 3.8) is 0 Å². The molecule has 100 valence electrons. The SMILES string of the molecule is Cn1nccc1C=CC(=O)NC1CCC(=O)NC1=O. The number of imide groups is 1. The number of hydrogen-bond acceptors (Lipinski definition) is 4. The lowest BCUT2D eigenvalue weighted by Crippen LogP contribution is -2.51. The standard InChI is InChI=1S/C12H14N4O3/c1-16-8(6-7-13-16)2-4-10(17)14-9-3-5-11(18)15-12(9)19/h2,4,6-7,9H,3,5H2,1H3,(H,14,17)(H,15,18,19). The molecule has 7 heteroatoms. The molecule has 0 radical (unpaired) electrons. The summed E-state index contributed by atoms with van der Waals surface area (Å²) in [6, 6.07) is 1.11. The molecule has 2 rings (SSSR count). The summed E-state index contributed by atoms with van der Waals surface area (Å²) in [5, 5.41) is 8.70. The Balaban J connectivity index is 1.91. The van der Waals surface area contributed by atoms with Crippen LogP contribution in [-0.2, 0) is 21.4 Å². The highest BCUT2D eigenvalue weighted by Gasteiger charge is 2.27. The number of carbonyl (C=O) groups is 3. The molecule has 1 saturated heterocycles. The Morgan fingerprint density at radius 3 is 3.00 bits per heavy atom. The lowest BCUT2D eigenvalue weighted by molar-refractivity contribution is -0.136. The zero-order valence-corrected chi connectivity index (χ0v) is 10.4.